The summed E-state index contributed by atoms with van der Waals surface area (Å²) in [5.74, 6) is -3.79. The molecule has 7 nitrogen and oxygen atoms in total. The monoisotopic (exact) mass is 453 g/mol. The number of hydrogen-bond donors (Lipinski definition) is 0. The fourth-order valence-corrected chi connectivity index (χ4v) is 4.06. The van der Waals surface area contributed by atoms with Gasteiger partial charge in [0.05, 0.1) is 18.1 Å². The number of aromatic nitrogens is 1. The van der Waals surface area contributed by atoms with Gasteiger partial charge in [-0.15, -0.1) is 0 Å². The lowest BCUT2D eigenvalue weighted by atomic mass is 10.1. The molecule has 0 aliphatic carbocycles. The second-order valence-corrected chi connectivity index (χ2v) is 9.14. The van der Waals surface area contributed by atoms with Crippen molar-refractivity contribution in [2.24, 2.45) is 0 Å². The Bertz CT molecular complexity index is 950. The smallest absolute Gasteiger partial charge is 0.341 e. The average Bonchev–Trinajstić information content (AvgIpc) is 2.79. The number of benzene rings is 1. The van der Waals surface area contributed by atoms with Crippen LogP contribution in [0.2, 0.25) is 0 Å². The minimum absolute atomic E-state index is 0.244. The molecule has 10 heteroatoms. The molecular weight excluding hydrogens is 428 g/mol. The van der Waals surface area contributed by atoms with Crippen molar-refractivity contribution >= 4 is 15.7 Å². The Labute approximate surface area is 180 Å². The Kier molecular flexibility index (Phi) is 8.05. The first-order chi connectivity index (χ1) is 14.9. The molecule has 1 aromatic carbocycles. The first kappa shape index (κ1) is 23.2. The van der Waals surface area contributed by atoms with Gasteiger partial charge >= 0.3 is 5.76 Å². The minimum atomic E-state index is -4.70. The second kappa shape index (κ2) is 10.7. The standard InChI is InChI=1S/C21H25F2N3O4S/c22-21(23)31(28,29)19-4-2-18(3-5-19)20(27)26(16-17-6-8-24-9-7-17)11-1-10-25-12-14-30-15-13-25/h2-9,21H,1,10-16H2. The average molecular weight is 454 g/mol. The van der Waals surface area contributed by atoms with Gasteiger partial charge in [0.2, 0.25) is 9.84 Å². The summed E-state index contributed by atoms with van der Waals surface area (Å²) in [6.07, 6.45) is 4.06. The van der Waals surface area contributed by atoms with Crippen LogP contribution in [0.25, 0.3) is 0 Å². The number of halogens is 2. The number of sulfone groups is 1. The topological polar surface area (TPSA) is 79.8 Å². The van der Waals surface area contributed by atoms with Crippen molar-refractivity contribution in [3.63, 3.8) is 0 Å². The third-order valence-electron chi connectivity index (χ3n) is 5.08. The summed E-state index contributed by atoms with van der Waals surface area (Å²) < 4.78 is 54.1. The molecule has 0 atom stereocenters. The maximum absolute atomic E-state index is 13.1. The molecule has 2 aromatic rings. The number of hydrogen-bond acceptors (Lipinski definition) is 6. The molecule has 0 saturated carbocycles. The number of morpholine rings is 1. The van der Waals surface area contributed by atoms with E-state index in [0.717, 1.165) is 43.8 Å². The maximum atomic E-state index is 13.1. The highest BCUT2D eigenvalue weighted by Crippen LogP contribution is 2.20. The van der Waals surface area contributed by atoms with Crippen LogP contribution in [-0.4, -0.2) is 74.3 Å². The number of amides is 1. The van der Waals surface area contributed by atoms with Crippen molar-refractivity contribution in [3.8, 4) is 0 Å². The van der Waals surface area contributed by atoms with Crippen LogP contribution in [0, 0.1) is 0 Å². The van der Waals surface area contributed by atoms with Crippen molar-refractivity contribution in [3.05, 3.63) is 59.9 Å². The molecule has 0 N–H and O–H groups in total. The fraction of sp³-hybridized carbons (Fsp3) is 0.429. The van der Waals surface area contributed by atoms with Crippen LogP contribution in [0.15, 0.2) is 53.7 Å². The van der Waals surface area contributed by atoms with Crippen molar-refractivity contribution < 1.29 is 26.7 Å². The van der Waals surface area contributed by atoms with Gasteiger partial charge in [-0.1, -0.05) is 0 Å². The van der Waals surface area contributed by atoms with Gasteiger partial charge in [-0.2, -0.15) is 8.78 Å². The van der Waals surface area contributed by atoms with E-state index in [1.807, 2.05) is 12.1 Å². The highest BCUT2D eigenvalue weighted by Gasteiger charge is 2.27. The predicted molar refractivity (Wildman–Crippen MR) is 110 cm³/mol. The summed E-state index contributed by atoms with van der Waals surface area (Å²) >= 11 is 0. The molecule has 2 heterocycles. The van der Waals surface area contributed by atoms with Gasteiger partial charge in [0.1, 0.15) is 0 Å². The van der Waals surface area contributed by atoms with Crippen LogP contribution in [-0.2, 0) is 21.1 Å². The third-order valence-corrected chi connectivity index (χ3v) is 6.48. The van der Waals surface area contributed by atoms with Crippen LogP contribution < -0.4 is 0 Å². The van der Waals surface area contributed by atoms with Gasteiger partial charge in [0.25, 0.3) is 5.91 Å². The van der Waals surface area contributed by atoms with E-state index in [2.05, 4.69) is 9.88 Å². The summed E-state index contributed by atoms with van der Waals surface area (Å²) in [6, 6.07) is 8.29. The Hall–Kier alpha value is -2.43. The number of carbonyl (C=O) groups excluding carboxylic acids is 1. The van der Waals surface area contributed by atoms with Crippen molar-refractivity contribution in [2.45, 2.75) is 23.6 Å². The van der Waals surface area contributed by atoms with Crippen molar-refractivity contribution in [1.82, 2.24) is 14.8 Å². The molecule has 0 bridgehead atoms. The molecule has 3 rings (SSSR count). The van der Waals surface area contributed by atoms with Crippen LogP contribution >= 0.6 is 0 Å². The fourth-order valence-electron chi connectivity index (χ4n) is 3.34. The molecule has 31 heavy (non-hydrogen) atoms. The summed E-state index contributed by atoms with van der Waals surface area (Å²) in [5, 5.41) is 0. The summed E-state index contributed by atoms with van der Waals surface area (Å²) in [4.78, 5) is 20.5. The molecule has 1 aliphatic rings. The molecule has 1 aliphatic heterocycles. The van der Waals surface area contributed by atoms with Gasteiger partial charge in [-0.25, -0.2) is 8.42 Å². The number of carbonyl (C=O) groups is 1. The SMILES string of the molecule is O=C(c1ccc(S(=O)(=O)C(F)F)cc1)N(CCCN1CCOCC1)Cc1ccncc1. The quantitative estimate of drug-likeness (QED) is 0.580. The molecule has 1 amide bonds. The van der Waals surface area contributed by atoms with Crippen molar-refractivity contribution in [2.75, 3.05) is 39.4 Å². The molecule has 0 spiro atoms. The maximum Gasteiger partial charge on any atom is 0.341 e. The van der Waals surface area contributed by atoms with Crippen molar-refractivity contribution in [1.29, 1.82) is 0 Å². The zero-order valence-electron chi connectivity index (χ0n) is 17.0. The van der Waals surface area contributed by atoms with E-state index in [0.29, 0.717) is 26.3 Å². The van der Waals surface area contributed by atoms with Crippen LogP contribution in [0.3, 0.4) is 0 Å². The number of ether oxygens (including phenoxy) is 1. The largest absolute Gasteiger partial charge is 0.379 e. The van der Waals surface area contributed by atoms with E-state index in [-0.39, 0.29) is 11.5 Å². The van der Waals surface area contributed by atoms with E-state index in [1.54, 1.807) is 17.3 Å². The predicted octanol–water partition coefficient (Wildman–Crippen LogP) is 2.44. The second-order valence-electron chi connectivity index (χ2n) is 7.22. The highest BCUT2D eigenvalue weighted by atomic mass is 32.2. The van der Waals surface area contributed by atoms with Crippen LogP contribution in [0.4, 0.5) is 8.78 Å². The van der Waals surface area contributed by atoms with E-state index < -0.39 is 20.5 Å². The Morgan fingerprint density at radius 2 is 1.74 bits per heavy atom. The molecule has 1 fully saturated rings. The molecule has 1 saturated heterocycles. The van der Waals surface area contributed by atoms with Crippen LogP contribution in [0.5, 0.6) is 0 Å². The van der Waals surface area contributed by atoms with E-state index in [1.165, 1.54) is 12.1 Å². The molecular formula is C21H25F2N3O4S. The summed E-state index contributed by atoms with van der Waals surface area (Å²) in [6.45, 7) is 4.81. The number of rotatable bonds is 9. The van der Waals surface area contributed by atoms with Gasteiger partial charge < -0.3 is 9.64 Å². The highest BCUT2D eigenvalue weighted by molar-refractivity contribution is 7.91. The number of pyridine rings is 1. The van der Waals surface area contributed by atoms with Crippen LogP contribution in [0.1, 0.15) is 22.3 Å². The molecule has 0 radical (unpaired) electrons. The van der Waals surface area contributed by atoms with Gasteiger partial charge in [-0.05, 0) is 48.4 Å². The summed E-state index contributed by atoms with van der Waals surface area (Å²) in [5.41, 5.74) is 1.15. The molecule has 0 unspecified atom stereocenters. The first-order valence-corrected chi connectivity index (χ1v) is 11.5. The lowest BCUT2D eigenvalue weighted by Gasteiger charge is -2.28. The molecule has 1 aromatic heterocycles. The lowest BCUT2D eigenvalue weighted by molar-refractivity contribution is 0.0355. The molecule has 168 valence electrons. The van der Waals surface area contributed by atoms with Gasteiger partial charge in [0.15, 0.2) is 0 Å². The minimum Gasteiger partial charge on any atom is -0.379 e. The Morgan fingerprint density at radius 1 is 1.10 bits per heavy atom. The zero-order chi connectivity index (χ0) is 22.3. The van der Waals surface area contributed by atoms with E-state index in [4.69, 9.17) is 4.74 Å². The third kappa shape index (κ3) is 6.28. The zero-order valence-corrected chi connectivity index (χ0v) is 17.8. The number of alkyl halides is 2. The number of nitrogens with zero attached hydrogens (tertiary/aromatic N) is 3. The lowest BCUT2D eigenvalue weighted by Crippen LogP contribution is -2.39. The Morgan fingerprint density at radius 3 is 2.35 bits per heavy atom. The normalized spacial score (nSPS) is 15.2. The Balaban J connectivity index is 1.71. The van der Waals surface area contributed by atoms with Gasteiger partial charge in [-0.3, -0.25) is 14.7 Å². The summed E-state index contributed by atoms with van der Waals surface area (Å²) in [7, 11) is -4.70. The van der Waals surface area contributed by atoms with E-state index in [9.17, 15) is 22.0 Å². The van der Waals surface area contributed by atoms with Gasteiger partial charge in [0, 0.05) is 50.7 Å². The first-order valence-electron chi connectivity index (χ1n) is 9.98. The van der Waals surface area contributed by atoms with E-state index >= 15 is 0 Å².